The van der Waals surface area contributed by atoms with Crippen LogP contribution in [0.1, 0.15) is 0 Å². The Hall–Kier alpha value is -6.84. The maximum Gasteiger partial charge on any atom is 0.137 e. The van der Waals surface area contributed by atoms with E-state index in [2.05, 4.69) is 169 Å². The van der Waals surface area contributed by atoms with E-state index in [9.17, 15) is 0 Å². The van der Waals surface area contributed by atoms with Gasteiger partial charge in [-0.25, -0.2) is 0 Å². The Morgan fingerprint density at radius 2 is 0.765 bits per heavy atom. The van der Waals surface area contributed by atoms with Crippen molar-refractivity contribution in [3.8, 4) is 33.4 Å². The van der Waals surface area contributed by atoms with Gasteiger partial charge in [-0.1, -0.05) is 121 Å². The summed E-state index contributed by atoms with van der Waals surface area (Å²) in [5, 5.41) is 4.42. The fraction of sp³-hybridized carbons (Fsp3) is 0. The molecule has 0 aliphatic carbocycles. The highest BCUT2D eigenvalue weighted by atomic mass is 16.3. The van der Waals surface area contributed by atoms with E-state index < -0.39 is 0 Å². The summed E-state index contributed by atoms with van der Waals surface area (Å²) in [4.78, 5) is 2.33. The summed E-state index contributed by atoms with van der Waals surface area (Å²) in [6.07, 6.45) is 0. The van der Waals surface area contributed by atoms with E-state index in [0.29, 0.717) is 0 Å². The number of rotatable bonds is 6. The zero-order valence-electron chi connectivity index (χ0n) is 27.7. The van der Waals surface area contributed by atoms with Crippen LogP contribution < -0.4 is 4.90 Å². The molecule has 0 saturated carbocycles. The first-order valence-corrected chi connectivity index (χ1v) is 17.2. The lowest BCUT2D eigenvalue weighted by Gasteiger charge is -2.28. The Bertz CT molecular complexity index is 2750. The molecule has 3 heteroatoms. The van der Waals surface area contributed by atoms with Gasteiger partial charge in [-0.2, -0.15) is 0 Å². The van der Waals surface area contributed by atoms with Gasteiger partial charge < -0.3 is 13.7 Å². The largest absolute Gasteiger partial charge is 0.456 e. The first kappa shape index (κ1) is 29.1. The van der Waals surface area contributed by atoms with Crippen LogP contribution in [0, 0.1) is 0 Å². The summed E-state index contributed by atoms with van der Waals surface area (Å²) in [7, 11) is 0. The van der Waals surface area contributed by atoms with Crippen LogP contribution in [0.2, 0.25) is 0 Å². The SMILES string of the molecule is c1ccc(-c2cccc(-c3ccc(N(c4ccc5c(c4)oc4ccccc45)c4ccc5c(c4)oc4ccccc45)c(-c4ccccc4)c3)c2)cc1. The minimum Gasteiger partial charge on any atom is -0.456 e. The standard InChI is InChI=1S/C48H31NO2/c1-3-12-32(13-4-1)34-16-11-17-35(28-34)36-22-27-44(43(29-36)33-14-5-2-6-15-33)49(37-23-25-41-39-18-7-9-20-45(39)50-47(41)30-37)38-24-26-42-40-19-8-10-21-46(40)51-48(42)31-38/h1-31H. The molecule has 0 aliphatic heterocycles. The monoisotopic (exact) mass is 653 g/mol. The van der Waals surface area contributed by atoms with E-state index in [4.69, 9.17) is 8.83 Å². The van der Waals surface area contributed by atoms with Crippen molar-refractivity contribution < 1.29 is 8.83 Å². The Morgan fingerprint density at radius 3 is 1.37 bits per heavy atom. The summed E-state index contributed by atoms with van der Waals surface area (Å²) < 4.78 is 12.8. The fourth-order valence-corrected chi connectivity index (χ4v) is 7.40. The Kier molecular flexibility index (Phi) is 6.81. The van der Waals surface area contributed by atoms with Crippen LogP contribution in [0.25, 0.3) is 77.3 Å². The summed E-state index contributed by atoms with van der Waals surface area (Å²) in [6.45, 7) is 0. The van der Waals surface area contributed by atoms with Crippen molar-refractivity contribution in [3.05, 3.63) is 188 Å². The third-order valence-corrected chi connectivity index (χ3v) is 9.87. The molecule has 0 bridgehead atoms. The quantitative estimate of drug-likeness (QED) is 0.179. The molecule has 51 heavy (non-hydrogen) atoms. The maximum absolute atomic E-state index is 6.42. The molecule has 3 nitrogen and oxygen atoms in total. The second kappa shape index (κ2) is 11.9. The first-order valence-electron chi connectivity index (χ1n) is 17.2. The molecule has 0 aliphatic rings. The van der Waals surface area contributed by atoms with E-state index in [1.54, 1.807) is 0 Å². The molecule has 2 heterocycles. The Labute approximate surface area is 295 Å². The number of hydrogen-bond donors (Lipinski definition) is 0. The summed E-state index contributed by atoms with van der Waals surface area (Å²) in [5.74, 6) is 0. The van der Waals surface area contributed by atoms with Crippen molar-refractivity contribution in [1.29, 1.82) is 0 Å². The normalized spacial score (nSPS) is 11.5. The number of hydrogen-bond acceptors (Lipinski definition) is 3. The predicted molar refractivity (Wildman–Crippen MR) is 212 cm³/mol. The molecule has 0 N–H and O–H groups in total. The molecule has 0 radical (unpaired) electrons. The van der Waals surface area contributed by atoms with Crippen LogP contribution >= 0.6 is 0 Å². The molecule has 8 aromatic carbocycles. The van der Waals surface area contributed by atoms with E-state index >= 15 is 0 Å². The van der Waals surface area contributed by atoms with Gasteiger partial charge in [0.25, 0.3) is 0 Å². The van der Waals surface area contributed by atoms with Gasteiger partial charge in [0, 0.05) is 50.6 Å². The summed E-state index contributed by atoms with van der Waals surface area (Å²) >= 11 is 0. The Morgan fingerprint density at radius 1 is 0.294 bits per heavy atom. The van der Waals surface area contributed by atoms with Crippen LogP contribution in [0.15, 0.2) is 197 Å². The van der Waals surface area contributed by atoms with Crippen LogP contribution in [-0.4, -0.2) is 0 Å². The van der Waals surface area contributed by atoms with Crippen molar-refractivity contribution in [1.82, 2.24) is 0 Å². The van der Waals surface area contributed by atoms with E-state index in [1.807, 2.05) is 24.3 Å². The van der Waals surface area contributed by atoms with Crippen LogP contribution in [0.3, 0.4) is 0 Å². The minimum absolute atomic E-state index is 0.846. The number of anilines is 3. The van der Waals surface area contributed by atoms with E-state index in [0.717, 1.165) is 77.6 Å². The molecule has 240 valence electrons. The van der Waals surface area contributed by atoms with Crippen molar-refractivity contribution in [2.75, 3.05) is 4.90 Å². The molecule has 0 fully saturated rings. The number of benzene rings is 8. The average Bonchev–Trinajstić information content (AvgIpc) is 3.76. The molecular formula is C48H31NO2. The lowest BCUT2D eigenvalue weighted by Crippen LogP contribution is -2.11. The van der Waals surface area contributed by atoms with Gasteiger partial charge in [0.15, 0.2) is 0 Å². The molecule has 0 unspecified atom stereocenters. The first-order chi connectivity index (χ1) is 25.3. The van der Waals surface area contributed by atoms with Gasteiger partial charge in [0.1, 0.15) is 22.3 Å². The number of nitrogens with zero attached hydrogens (tertiary/aromatic N) is 1. The third kappa shape index (κ3) is 5.06. The fourth-order valence-electron chi connectivity index (χ4n) is 7.40. The van der Waals surface area contributed by atoms with Gasteiger partial charge >= 0.3 is 0 Å². The van der Waals surface area contributed by atoms with Crippen LogP contribution in [0.5, 0.6) is 0 Å². The van der Waals surface area contributed by atoms with Gasteiger partial charge in [-0.3, -0.25) is 0 Å². The van der Waals surface area contributed by atoms with Crippen molar-refractivity contribution >= 4 is 60.9 Å². The lowest BCUT2D eigenvalue weighted by atomic mass is 9.94. The molecule has 0 atom stereocenters. The second-order valence-electron chi connectivity index (χ2n) is 12.9. The maximum atomic E-state index is 6.42. The van der Waals surface area contributed by atoms with Crippen molar-refractivity contribution in [2.45, 2.75) is 0 Å². The number of fused-ring (bicyclic) bond motifs is 6. The minimum atomic E-state index is 0.846. The molecule has 10 rings (SSSR count). The molecule has 2 aromatic heterocycles. The molecule has 10 aromatic rings. The summed E-state index contributed by atoms with van der Waals surface area (Å²) in [5.41, 5.74) is 13.5. The van der Waals surface area contributed by atoms with Gasteiger partial charge in [0.2, 0.25) is 0 Å². The molecule has 0 amide bonds. The number of para-hydroxylation sites is 2. The highest BCUT2D eigenvalue weighted by molar-refractivity contribution is 6.08. The van der Waals surface area contributed by atoms with E-state index in [1.165, 1.54) is 16.7 Å². The zero-order chi connectivity index (χ0) is 33.7. The second-order valence-corrected chi connectivity index (χ2v) is 12.9. The van der Waals surface area contributed by atoms with Gasteiger partial charge in [-0.05, 0) is 82.4 Å². The van der Waals surface area contributed by atoms with E-state index in [-0.39, 0.29) is 0 Å². The molecule has 0 saturated heterocycles. The molecular weight excluding hydrogens is 623 g/mol. The van der Waals surface area contributed by atoms with Gasteiger partial charge in [-0.15, -0.1) is 0 Å². The highest BCUT2D eigenvalue weighted by Gasteiger charge is 2.21. The van der Waals surface area contributed by atoms with Gasteiger partial charge in [0.05, 0.1) is 5.69 Å². The number of furan rings is 2. The van der Waals surface area contributed by atoms with Crippen molar-refractivity contribution in [3.63, 3.8) is 0 Å². The predicted octanol–water partition coefficient (Wildman–Crippen LogP) is 14.0. The lowest BCUT2D eigenvalue weighted by molar-refractivity contribution is 0.669. The zero-order valence-corrected chi connectivity index (χ0v) is 27.7. The highest BCUT2D eigenvalue weighted by Crippen LogP contribution is 2.45. The average molecular weight is 654 g/mol. The smallest absolute Gasteiger partial charge is 0.137 e. The van der Waals surface area contributed by atoms with Crippen molar-refractivity contribution in [2.24, 2.45) is 0 Å². The topological polar surface area (TPSA) is 29.5 Å². The third-order valence-electron chi connectivity index (χ3n) is 9.87. The Balaban J connectivity index is 1.20. The molecule has 0 spiro atoms. The van der Waals surface area contributed by atoms with Crippen LogP contribution in [0.4, 0.5) is 17.1 Å². The van der Waals surface area contributed by atoms with Crippen LogP contribution in [-0.2, 0) is 0 Å². The summed E-state index contributed by atoms with van der Waals surface area (Å²) in [6, 6.07) is 66.3.